The first-order valence-corrected chi connectivity index (χ1v) is 8.28. The maximum atomic E-state index is 6.09. The van der Waals surface area contributed by atoms with Crippen LogP contribution in [0, 0.1) is 0 Å². The van der Waals surface area contributed by atoms with Crippen molar-refractivity contribution in [2.75, 3.05) is 26.8 Å². The van der Waals surface area contributed by atoms with Crippen LogP contribution in [0.2, 0.25) is 0 Å². The van der Waals surface area contributed by atoms with Gasteiger partial charge >= 0.3 is 0 Å². The predicted octanol–water partition coefficient (Wildman–Crippen LogP) is 4.33. The molecule has 0 radical (unpaired) electrons. The summed E-state index contributed by atoms with van der Waals surface area (Å²) in [7, 11) is 1.69. The van der Waals surface area contributed by atoms with Gasteiger partial charge in [0.15, 0.2) is 0 Å². The van der Waals surface area contributed by atoms with E-state index in [0.717, 1.165) is 38.3 Å². The maximum Gasteiger partial charge on any atom is 0.118 e. The van der Waals surface area contributed by atoms with Gasteiger partial charge in [-0.1, -0.05) is 45.2 Å². The number of hydrogen-bond donors (Lipinski definition) is 1. The van der Waals surface area contributed by atoms with Crippen molar-refractivity contribution in [1.82, 2.24) is 5.32 Å². The van der Waals surface area contributed by atoms with Gasteiger partial charge in [-0.3, -0.25) is 0 Å². The summed E-state index contributed by atoms with van der Waals surface area (Å²) in [4.78, 5) is 0. The molecule has 3 heteroatoms. The minimum Gasteiger partial charge on any atom is -0.497 e. The summed E-state index contributed by atoms with van der Waals surface area (Å²) in [5.41, 5.74) is 1.22. The van der Waals surface area contributed by atoms with E-state index in [2.05, 4.69) is 31.3 Å². The lowest BCUT2D eigenvalue weighted by Gasteiger charge is -2.19. The van der Waals surface area contributed by atoms with Crippen LogP contribution in [0.1, 0.15) is 57.6 Å². The molecule has 0 saturated carbocycles. The lowest BCUT2D eigenvalue weighted by Crippen LogP contribution is -2.24. The highest BCUT2D eigenvalue weighted by molar-refractivity contribution is 5.28. The zero-order valence-electron chi connectivity index (χ0n) is 13.9. The average Bonchev–Trinajstić information content (AvgIpc) is 2.53. The van der Waals surface area contributed by atoms with Crippen LogP contribution in [0.5, 0.6) is 5.75 Å². The van der Waals surface area contributed by atoms with E-state index in [1.54, 1.807) is 7.11 Å². The Balaban J connectivity index is 2.49. The van der Waals surface area contributed by atoms with Crippen LogP contribution in [0.3, 0.4) is 0 Å². The number of hydrogen-bond acceptors (Lipinski definition) is 3. The van der Waals surface area contributed by atoms with Crippen LogP contribution >= 0.6 is 0 Å². The molecule has 1 aromatic rings. The molecule has 0 aliphatic heterocycles. The van der Waals surface area contributed by atoms with Crippen molar-refractivity contribution in [3.63, 3.8) is 0 Å². The van der Waals surface area contributed by atoms with Gasteiger partial charge in [-0.15, -0.1) is 0 Å². The fourth-order valence-electron chi connectivity index (χ4n) is 2.26. The Morgan fingerprint density at radius 1 is 1.00 bits per heavy atom. The zero-order chi connectivity index (χ0) is 15.3. The lowest BCUT2D eigenvalue weighted by atomic mass is 10.1. The highest BCUT2D eigenvalue weighted by Crippen LogP contribution is 2.20. The number of methoxy groups -OCH3 is 1. The van der Waals surface area contributed by atoms with E-state index in [-0.39, 0.29) is 6.10 Å². The van der Waals surface area contributed by atoms with Crippen molar-refractivity contribution in [3.05, 3.63) is 29.8 Å². The van der Waals surface area contributed by atoms with E-state index >= 15 is 0 Å². The SMILES string of the molecule is CCCCCCOC(CNCCC)c1ccc(OC)cc1. The smallest absolute Gasteiger partial charge is 0.118 e. The number of rotatable bonds is 12. The fourth-order valence-corrected chi connectivity index (χ4v) is 2.26. The van der Waals surface area contributed by atoms with E-state index < -0.39 is 0 Å². The molecule has 0 amide bonds. The lowest BCUT2D eigenvalue weighted by molar-refractivity contribution is 0.0499. The van der Waals surface area contributed by atoms with Gasteiger partial charge in [0.1, 0.15) is 5.75 Å². The van der Waals surface area contributed by atoms with Crippen LogP contribution < -0.4 is 10.1 Å². The standard InChI is InChI=1S/C18H31NO2/c1-4-6-7-8-14-21-18(15-19-13-5-2)16-9-11-17(20-3)12-10-16/h9-12,18-19H,4-8,13-15H2,1-3H3. The highest BCUT2D eigenvalue weighted by Gasteiger charge is 2.11. The molecule has 3 nitrogen and oxygen atoms in total. The molecule has 0 aliphatic carbocycles. The van der Waals surface area contributed by atoms with Crippen molar-refractivity contribution in [2.24, 2.45) is 0 Å². The van der Waals surface area contributed by atoms with Crippen LogP contribution in [0.15, 0.2) is 24.3 Å². The molecule has 21 heavy (non-hydrogen) atoms. The van der Waals surface area contributed by atoms with Crippen molar-refractivity contribution < 1.29 is 9.47 Å². The van der Waals surface area contributed by atoms with Gasteiger partial charge < -0.3 is 14.8 Å². The summed E-state index contributed by atoms with van der Waals surface area (Å²) in [5, 5.41) is 3.46. The number of unbranched alkanes of at least 4 members (excludes halogenated alkanes) is 3. The summed E-state index contributed by atoms with van der Waals surface area (Å²) in [6.45, 7) is 7.15. The molecule has 120 valence electrons. The molecular formula is C18H31NO2. The Kier molecular flexibility index (Phi) is 9.92. The Morgan fingerprint density at radius 2 is 1.76 bits per heavy atom. The van der Waals surface area contributed by atoms with Crippen molar-refractivity contribution in [1.29, 1.82) is 0 Å². The Bertz CT molecular complexity index is 351. The Morgan fingerprint density at radius 3 is 2.38 bits per heavy atom. The third kappa shape index (κ3) is 7.49. The summed E-state index contributed by atoms with van der Waals surface area (Å²) < 4.78 is 11.3. The molecule has 1 aromatic carbocycles. The molecular weight excluding hydrogens is 262 g/mol. The second-order valence-corrected chi connectivity index (χ2v) is 5.40. The van der Waals surface area contributed by atoms with E-state index in [4.69, 9.17) is 9.47 Å². The first-order chi connectivity index (χ1) is 10.3. The maximum absolute atomic E-state index is 6.09. The van der Waals surface area contributed by atoms with Crippen LogP contribution in [0.4, 0.5) is 0 Å². The molecule has 1 rings (SSSR count). The normalized spacial score (nSPS) is 12.3. The molecule has 1 unspecified atom stereocenters. The molecule has 0 spiro atoms. The van der Waals surface area contributed by atoms with Gasteiger partial charge in [0.25, 0.3) is 0 Å². The third-order valence-electron chi connectivity index (χ3n) is 3.56. The van der Waals surface area contributed by atoms with Gasteiger partial charge in [-0.05, 0) is 37.1 Å². The summed E-state index contributed by atoms with van der Waals surface area (Å²) in [6.07, 6.45) is 6.24. The van der Waals surface area contributed by atoms with Crippen molar-refractivity contribution in [3.8, 4) is 5.75 Å². The largest absolute Gasteiger partial charge is 0.497 e. The third-order valence-corrected chi connectivity index (χ3v) is 3.56. The first kappa shape index (κ1) is 18.0. The monoisotopic (exact) mass is 293 g/mol. The van der Waals surface area contributed by atoms with E-state index in [9.17, 15) is 0 Å². The van der Waals surface area contributed by atoms with Gasteiger partial charge in [0, 0.05) is 13.2 Å². The molecule has 0 fully saturated rings. The minimum atomic E-state index is 0.129. The van der Waals surface area contributed by atoms with Crippen LogP contribution in [0.25, 0.3) is 0 Å². The molecule has 1 atom stereocenters. The second-order valence-electron chi connectivity index (χ2n) is 5.40. The molecule has 0 aromatic heterocycles. The molecule has 1 N–H and O–H groups in total. The number of benzene rings is 1. The van der Waals surface area contributed by atoms with Gasteiger partial charge in [-0.25, -0.2) is 0 Å². The molecule has 0 saturated heterocycles. The number of nitrogens with one attached hydrogen (secondary N) is 1. The van der Waals surface area contributed by atoms with Crippen LogP contribution in [-0.2, 0) is 4.74 Å². The second kappa shape index (κ2) is 11.6. The molecule has 0 bridgehead atoms. The average molecular weight is 293 g/mol. The van der Waals surface area contributed by atoms with Gasteiger partial charge in [0.2, 0.25) is 0 Å². The Hall–Kier alpha value is -1.06. The first-order valence-electron chi connectivity index (χ1n) is 8.28. The Labute approximate surface area is 130 Å². The van der Waals surface area contributed by atoms with Gasteiger partial charge in [0.05, 0.1) is 13.2 Å². The minimum absolute atomic E-state index is 0.129. The number of ether oxygens (including phenoxy) is 2. The van der Waals surface area contributed by atoms with Crippen LogP contribution in [-0.4, -0.2) is 26.8 Å². The van der Waals surface area contributed by atoms with Crippen molar-refractivity contribution >= 4 is 0 Å². The van der Waals surface area contributed by atoms with Gasteiger partial charge in [-0.2, -0.15) is 0 Å². The quantitative estimate of drug-likeness (QED) is 0.582. The highest BCUT2D eigenvalue weighted by atomic mass is 16.5. The van der Waals surface area contributed by atoms with E-state index in [1.807, 2.05) is 12.1 Å². The molecule has 0 heterocycles. The summed E-state index contributed by atoms with van der Waals surface area (Å²) >= 11 is 0. The predicted molar refractivity (Wildman–Crippen MR) is 89.0 cm³/mol. The fraction of sp³-hybridized carbons (Fsp3) is 0.667. The topological polar surface area (TPSA) is 30.5 Å². The zero-order valence-corrected chi connectivity index (χ0v) is 13.9. The molecule has 0 aliphatic rings. The van der Waals surface area contributed by atoms with E-state index in [0.29, 0.717) is 0 Å². The summed E-state index contributed by atoms with van der Waals surface area (Å²) in [5.74, 6) is 0.891. The van der Waals surface area contributed by atoms with E-state index in [1.165, 1.54) is 24.8 Å². The van der Waals surface area contributed by atoms with Crippen molar-refractivity contribution in [2.45, 2.75) is 52.1 Å². The summed E-state index contributed by atoms with van der Waals surface area (Å²) in [6, 6.07) is 8.21.